The molecule has 6 heteroatoms. The van der Waals surface area contributed by atoms with Crippen molar-refractivity contribution in [3.63, 3.8) is 0 Å². The summed E-state index contributed by atoms with van der Waals surface area (Å²) in [6, 6.07) is 10.8. The van der Waals surface area contributed by atoms with Gasteiger partial charge in [0.25, 0.3) is 5.91 Å². The second-order valence-electron chi connectivity index (χ2n) is 7.57. The maximum absolute atomic E-state index is 12.2. The lowest BCUT2D eigenvalue weighted by Crippen LogP contribution is -3.28. The predicted molar refractivity (Wildman–Crippen MR) is 107 cm³/mol. The van der Waals surface area contributed by atoms with Crippen molar-refractivity contribution < 1.29 is 19.3 Å². The molecule has 0 unspecified atom stereocenters. The molecule has 5 nitrogen and oxygen atoms in total. The molecule has 4 rings (SSSR count). The van der Waals surface area contributed by atoms with E-state index in [0.717, 1.165) is 64.5 Å². The number of nitrogens with one attached hydrogen (secondary N) is 3. The SMILES string of the molecule is O=C(C[NH+]1CC[NH+](Cc2ccc3c(c2)CCO3)CC1)NCCc1cccs1. The van der Waals surface area contributed by atoms with Crippen molar-refractivity contribution in [1.82, 2.24) is 5.32 Å². The van der Waals surface area contributed by atoms with Gasteiger partial charge in [0.1, 0.15) is 38.5 Å². The quantitative estimate of drug-likeness (QED) is 0.590. The van der Waals surface area contributed by atoms with E-state index in [2.05, 4.69) is 41.0 Å². The summed E-state index contributed by atoms with van der Waals surface area (Å²) in [6.07, 6.45) is 1.97. The van der Waals surface area contributed by atoms with E-state index >= 15 is 0 Å². The van der Waals surface area contributed by atoms with Gasteiger partial charge in [-0.3, -0.25) is 4.79 Å². The molecule has 0 spiro atoms. The highest BCUT2D eigenvalue weighted by Gasteiger charge is 2.25. The van der Waals surface area contributed by atoms with Gasteiger partial charge in [0.05, 0.1) is 6.61 Å². The monoisotopic (exact) mass is 387 g/mol. The van der Waals surface area contributed by atoms with Crippen LogP contribution in [0.15, 0.2) is 35.7 Å². The normalized spacial score (nSPS) is 21.5. The molecule has 0 saturated carbocycles. The van der Waals surface area contributed by atoms with Gasteiger partial charge in [0.2, 0.25) is 0 Å². The molecule has 3 heterocycles. The number of rotatable bonds is 7. The lowest BCUT2D eigenvalue weighted by Gasteiger charge is -2.29. The van der Waals surface area contributed by atoms with E-state index in [1.165, 1.54) is 20.9 Å². The molecule has 3 N–H and O–H groups in total. The van der Waals surface area contributed by atoms with Crippen molar-refractivity contribution in [1.29, 1.82) is 0 Å². The molecular formula is C21H29N3O2S+2. The lowest BCUT2D eigenvalue weighted by atomic mass is 10.1. The molecule has 1 amide bonds. The maximum atomic E-state index is 12.2. The van der Waals surface area contributed by atoms with Crippen LogP contribution in [-0.2, 0) is 24.2 Å². The van der Waals surface area contributed by atoms with Crippen LogP contribution in [0.1, 0.15) is 16.0 Å². The number of ether oxygens (including phenoxy) is 1. The average Bonchev–Trinajstić information content (AvgIpc) is 3.34. The van der Waals surface area contributed by atoms with Crippen molar-refractivity contribution in [3.05, 3.63) is 51.7 Å². The van der Waals surface area contributed by atoms with Crippen molar-refractivity contribution in [2.75, 3.05) is 45.9 Å². The largest absolute Gasteiger partial charge is 0.493 e. The van der Waals surface area contributed by atoms with Gasteiger partial charge in [-0.15, -0.1) is 11.3 Å². The highest BCUT2D eigenvalue weighted by molar-refractivity contribution is 7.09. The van der Waals surface area contributed by atoms with Gasteiger partial charge in [-0.25, -0.2) is 0 Å². The smallest absolute Gasteiger partial charge is 0.275 e. The van der Waals surface area contributed by atoms with Crippen LogP contribution in [0.2, 0.25) is 0 Å². The average molecular weight is 388 g/mol. The Kier molecular flexibility index (Phi) is 6.07. The predicted octanol–water partition coefficient (Wildman–Crippen LogP) is -0.675. The fraction of sp³-hybridized carbons (Fsp3) is 0.476. The van der Waals surface area contributed by atoms with Crippen LogP contribution in [0.3, 0.4) is 0 Å². The fourth-order valence-electron chi connectivity index (χ4n) is 4.02. The Bertz CT molecular complexity index is 755. The van der Waals surface area contributed by atoms with Gasteiger partial charge in [-0.2, -0.15) is 0 Å². The van der Waals surface area contributed by atoms with Gasteiger partial charge >= 0.3 is 0 Å². The first-order valence-electron chi connectivity index (χ1n) is 9.97. The molecule has 27 heavy (non-hydrogen) atoms. The molecule has 1 fully saturated rings. The van der Waals surface area contributed by atoms with Gasteiger partial charge < -0.3 is 19.9 Å². The van der Waals surface area contributed by atoms with Gasteiger partial charge in [-0.1, -0.05) is 6.07 Å². The molecule has 0 atom stereocenters. The third-order valence-corrected chi connectivity index (χ3v) is 6.49. The zero-order chi connectivity index (χ0) is 18.5. The Morgan fingerprint density at radius 3 is 2.81 bits per heavy atom. The summed E-state index contributed by atoms with van der Waals surface area (Å²) in [6.45, 7) is 7.65. The van der Waals surface area contributed by atoms with Gasteiger partial charge in [0, 0.05) is 23.4 Å². The van der Waals surface area contributed by atoms with Crippen LogP contribution in [0, 0.1) is 0 Å². The highest BCUT2D eigenvalue weighted by atomic mass is 32.1. The molecule has 1 saturated heterocycles. The molecule has 144 valence electrons. The summed E-state index contributed by atoms with van der Waals surface area (Å²) >= 11 is 1.75. The minimum atomic E-state index is 0.184. The Morgan fingerprint density at radius 1 is 1.15 bits per heavy atom. The standard InChI is InChI=1S/C21H27N3O2S/c25-21(22-7-5-19-2-1-13-27-19)16-24-10-8-23(9-11-24)15-17-3-4-20-18(14-17)6-12-26-20/h1-4,13-14H,5-12,15-16H2,(H,22,25)/p+2. The van der Waals surface area contributed by atoms with Crippen LogP contribution >= 0.6 is 11.3 Å². The number of thiophene rings is 1. The number of quaternary nitrogens is 2. The summed E-state index contributed by atoms with van der Waals surface area (Å²) < 4.78 is 5.60. The van der Waals surface area contributed by atoms with Crippen LogP contribution < -0.4 is 19.9 Å². The first-order chi connectivity index (χ1) is 13.3. The molecule has 0 radical (unpaired) electrons. The Morgan fingerprint density at radius 2 is 2.00 bits per heavy atom. The Balaban J connectivity index is 1.16. The highest BCUT2D eigenvalue weighted by Crippen LogP contribution is 2.25. The number of hydrogen-bond donors (Lipinski definition) is 3. The number of fused-ring (bicyclic) bond motifs is 1. The second kappa shape index (κ2) is 8.87. The van der Waals surface area contributed by atoms with E-state index in [4.69, 9.17) is 4.74 Å². The first kappa shape index (κ1) is 18.5. The molecule has 0 aliphatic carbocycles. The Hall–Kier alpha value is -1.89. The minimum Gasteiger partial charge on any atom is -0.493 e. The number of hydrogen-bond acceptors (Lipinski definition) is 3. The van der Waals surface area contributed by atoms with Crippen molar-refractivity contribution in [2.24, 2.45) is 0 Å². The van der Waals surface area contributed by atoms with E-state index in [1.807, 2.05) is 0 Å². The van der Waals surface area contributed by atoms with Crippen molar-refractivity contribution in [2.45, 2.75) is 19.4 Å². The van der Waals surface area contributed by atoms with Crippen LogP contribution in [0.25, 0.3) is 0 Å². The van der Waals surface area contributed by atoms with Crippen molar-refractivity contribution in [3.8, 4) is 5.75 Å². The van der Waals surface area contributed by atoms with Gasteiger partial charge in [-0.05, 0) is 41.6 Å². The number of carbonyl (C=O) groups is 1. The second-order valence-corrected chi connectivity index (χ2v) is 8.61. The van der Waals surface area contributed by atoms with E-state index in [-0.39, 0.29) is 5.91 Å². The third kappa shape index (κ3) is 5.09. The van der Waals surface area contributed by atoms with E-state index in [1.54, 1.807) is 16.2 Å². The van der Waals surface area contributed by atoms with Crippen LogP contribution in [-0.4, -0.2) is 51.8 Å². The molecule has 2 aliphatic heterocycles. The fourth-order valence-corrected chi connectivity index (χ4v) is 4.73. The van der Waals surface area contributed by atoms with Crippen LogP contribution in [0.5, 0.6) is 5.75 Å². The minimum absolute atomic E-state index is 0.184. The first-order valence-corrected chi connectivity index (χ1v) is 10.8. The van der Waals surface area contributed by atoms with Crippen molar-refractivity contribution >= 4 is 17.2 Å². The molecular weight excluding hydrogens is 358 g/mol. The summed E-state index contributed by atoms with van der Waals surface area (Å²) in [4.78, 5) is 16.5. The summed E-state index contributed by atoms with van der Waals surface area (Å²) in [5, 5.41) is 5.15. The number of amides is 1. The van der Waals surface area contributed by atoms with E-state index < -0.39 is 0 Å². The third-order valence-electron chi connectivity index (χ3n) is 5.56. The van der Waals surface area contributed by atoms with Gasteiger partial charge in [0.15, 0.2) is 6.54 Å². The maximum Gasteiger partial charge on any atom is 0.275 e. The topological polar surface area (TPSA) is 47.2 Å². The number of benzene rings is 1. The molecule has 1 aromatic carbocycles. The number of carbonyl (C=O) groups excluding carboxylic acids is 1. The zero-order valence-corrected chi connectivity index (χ0v) is 16.6. The lowest BCUT2D eigenvalue weighted by molar-refractivity contribution is -1.02. The molecule has 1 aromatic heterocycles. The summed E-state index contributed by atoms with van der Waals surface area (Å²) in [7, 11) is 0. The number of piperazine rings is 1. The molecule has 0 bridgehead atoms. The zero-order valence-electron chi connectivity index (χ0n) is 15.8. The van der Waals surface area contributed by atoms with E-state index in [0.29, 0.717) is 6.54 Å². The summed E-state index contributed by atoms with van der Waals surface area (Å²) in [5.41, 5.74) is 2.76. The Labute approximate surface area is 164 Å². The van der Waals surface area contributed by atoms with Crippen LogP contribution in [0.4, 0.5) is 0 Å². The molecule has 2 aliphatic rings. The van der Waals surface area contributed by atoms with E-state index in [9.17, 15) is 4.79 Å². The molecule has 2 aromatic rings. The summed E-state index contributed by atoms with van der Waals surface area (Å²) in [5.74, 6) is 1.25.